The topological polar surface area (TPSA) is 12.0 Å². The number of nitrogens with one attached hydrogen (secondary N) is 1. The highest BCUT2D eigenvalue weighted by Crippen LogP contribution is 2.32. The Morgan fingerprint density at radius 2 is 1.95 bits per heavy atom. The molecule has 1 atom stereocenters. The third-order valence-electron chi connectivity index (χ3n) is 3.57. The first-order valence-electron chi connectivity index (χ1n) is 7.04. The van der Waals surface area contributed by atoms with Crippen LogP contribution in [0.2, 0.25) is 0 Å². The molecule has 2 rings (SSSR count). The van der Waals surface area contributed by atoms with Crippen LogP contribution in [-0.4, -0.2) is 6.54 Å². The molecule has 0 amide bonds. The maximum Gasteiger partial charge on any atom is 0.0676 e. The first kappa shape index (κ1) is 14.3. The monoisotopic (exact) mass is 273 g/mol. The van der Waals surface area contributed by atoms with Gasteiger partial charge in [-0.1, -0.05) is 37.6 Å². The van der Waals surface area contributed by atoms with Crippen molar-refractivity contribution in [2.24, 2.45) is 0 Å². The van der Waals surface area contributed by atoms with Crippen molar-refractivity contribution in [3.63, 3.8) is 0 Å². The van der Waals surface area contributed by atoms with Crippen LogP contribution in [0.3, 0.4) is 0 Å². The molecule has 0 saturated carbocycles. The van der Waals surface area contributed by atoms with Gasteiger partial charge in [-0.2, -0.15) is 0 Å². The fourth-order valence-electron chi connectivity index (χ4n) is 2.59. The Morgan fingerprint density at radius 3 is 2.58 bits per heavy atom. The molecule has 0 aliphatic rings. The first-order valence-corrected chi connectivity index (χ1v) is 7.92. The van der Waals surface area contributed by atoms with E-state index in [2.05, 4.69) is 62.7 Å². The van der Waals surface area contributed by atoms with Gasteiger partial charge in [0.05, 0.1) is 6.04 Å². The van der Waals surface area contributed by atoms with Gasteiger partial charge in [-0.05, 0) is 54.9 Å². The van der Waals surface area contributed by atoms with Gasteiger partial charge in [-0.25, -0.2) is 0 Å². The van der Waals surface area contributed by atoms with Crippen molar-refractivity contribution in [2.45, 2.75) is 40.2 Å². The number of thiophene rings is 1. The van der Waals surface area contributed by atoms with Crippen LogP contribution in [0.15, 0.2) is 29.6 Å². The van der Waals surface area contributed by atoms with Crippen molar-refractivity contribution in [1.82, 2.24) is 5.32 Å². The number of rotatable bonds is 5. The molecule has 1 aromatic heterocycles. The summed E-state index contributed by atoms with van der Waals surface area (Å²) in [6.45, 7) is 9.76. The Hall–Kier alpha value is -1.12. The largest absolute Gasteiger partial charge is 0.306 e. The summed E-state index contributed by atoms with van der Waals surface area (Å²) in [7, 11) is 0. The summed E-state index contributed by atoms with van der Waals surface area (Å²) in [5, 5.41) is 5.86. The molecular weight excluding hydrogens is 250 g/mol. The highest BCUT2D eigenvalue weighted by Gasteiger charge is 2.18. The standard InChI is InChI=1S/C17H23NS/c1-5-14-9-10-19-17(14)16(18-6-2)15-8-7-12(3)11-13(15)4/h7-11,16,18H,5-6H2,1-4H3. The van der Waals surface area contributed by atoms with E-state index in [0.717, 1.165) is 13.0 Å². The molecule has 1 nitrogen and oxygen atoms in total. The molecule has 0 saturated heterocycles. The number of aryl methyl sites for hydroxylation is 3. The Kier molecular flexibility index (Phi) is 4.78. The van der Waals surface area contributed by atoms with Gasteiger partial charge in [0.25, 0.3) is 0 Å². The van der Waals surface area contributed by atoms with Crippen molar-refractivity contribution < 1.29 is 0 Å². The van der Waals surface area contributed by atoms with Gasteiger partial charge in [-0.3, -0.25) is 0 Å². The number of hydrogen-bond acceptors (Lipinski definition) is 2. The van der Waals surface area contributed by atoms with Crippen LogP contribution in [0.1, 0.15) is 47.0 Å². The summed E-state index contributed by atoms with van der Waals surface area (Å²) in [6, 6.07) is 9.36. The summed E-state index contributed by atoms with van der Waals surface area (Å²) < 4.78 is 0. The molecule has 0 spiro atoms. The second-order valence-corrected chi connectivity index (χ2v) is 5.96. The van der Waals surface area contributed by atoms with Crippen LogP contribution >= 0.6 is 11.3 Å². The van der Waals surface area contributed by atoms with Gasteiger partial charge in [0.1, 0.15) is 0 Å². The van der Waals surface area contributed by atoms with E-state index >= 15 is 0 Å². The molecule has 0 radical (unpaired) electrons. The quantitative estimate of drug-likeness (QED) is 0.837. The molecule has 2 heteroatoms. The second kappa shape index (κ2) is 6.36. The van der Waals surface area contributed by atoms with E-state index < -0.39 is 0 Å². The molecule has 0 aliphatic heterocycles. The van der Waals surface area contributed by atoms with E-state index in [9.17, 15) is 0 Å². The average Bonchev–Trinajstić information content (AvgIpc) is 2.85. The lowest BCUT2D eigenvalue weighted by Crippen LogP contribution is -2.22. The molecule has 0 bridgehead atoms. The molecule has 0 aliphatic carbocycles. The average molecular weight is 273 g/mol. The normalized spacial score (nSPS) is 12.6. The predicted octanol–water partition coefficient (Wildman–Crippen LogP) is 4.63. The van der Waals surface area contributed by atoms with Gasteiger partial charge >= 0.3 is 0 Å². The van der Waals surface area contributed by atoms with Crippen LogP contribution < -0.4 is 5.32 Å². The summed E-state index contributed by atoms with van der Waals surface area (Å²) >= 11 is 1.87. The Morgan fingerprint density at radius 1 is 1.16 bits per heavy atom. The SMILES string of the molecule is CCNC(c1ccc(C)cc1C)c1sccc1CC. The van der Waals surface area contributed by atoms with E-state index in [1.165, 1.54) is 27.1 Å². The van der Waals surface area contributed by atoms with E-state index in [1.807, 2.05) is 11.3 Å². The molecule has 0 fully saturated rings. The molecule has 1 aromatic carbocycles. The number of benzene rings is 1. The molecule has 1 N–H and O–H groups in total. The zero-order valence-electron chi connectivity index (χ0n) is 12.3. The first-order chi connectivity index (χ1) is 9.17. The summed E-state index contributed by atoms with van der Waals surface area (Å²) in [4.78, 5) is 1.47. The van der Waals surface area contributed by atoms with E-state index in [-0.39, 0.29) is 0 Å². The summed E-state index contributed by atoms with van der Waals surface area (Å²) in [6.07, 6.45) is 1.10. The van der Waals surface area contributed by atoms with Crippen molar-refractivity contribution >= 4 is 11.3 Å². The lowest BCUT2D eigenvalue weighted by Gasteiger charge is -2.21. The fourth-order valence-corrected chi connectivity index (χ4v) is 3.68. The maximum atomic E-state index is 3.65. The summed E-state index contributed by atoms with van der Waals surface area (Å²) in [5.41, 5.74) is 5.58. The van der Waals surface area contributed by atoms with Gasteiger partial charge in [-0.15, -0.1) is 11.3 Å². The van der Waals surface area contributed by atoms with Crippen LogP contribution in [0.25, 0.3) is 0 Å². The fraction of sp³-hybridized carbons (Fsp3) is 0.412. The third kappa shape index (κ3) is 3.07. The third-order valence-corrected chi connectivity index (χ3v) is 4.59. The van der Waals surface area contributed by atoms with Crippen molar-refractivity contribution in [1.29, 1.82) is 0 Å². The minimum atomic E-state index is 0.334. The molecular formula is C17H23NS. The molecule has 2 aromatic rings. The zero-order valence-corrected chi connectivity index (χ0v) is 13.1. The Balaban J connectivity index is 2.45. The van der Waals surface area contributed by atoms with Crippen LogP contribution in [0, 0.1) is 13.8 Å². The maximum absolute atomic E-state index is 3.65. The van der Waals surface area contributed by atoms with Crippen molar-refractivity contribution in [2.75, 3.05) is 6.54 Å². The zero-order chi connectivity index (χ0) is 13.8. The highest BCUT2D eigenvalue weighted by atomic mass is 32.1. The minimum Gasteiger partial charge on any atom is -0.306 e. The van der Waals surface area contributed by atoms with Crippen LogP contribution in [0.4, 0.5) is 0 Å². The molecule has 19 heavy (non-hydrogen) atoms. The van der Waals surface area contributed by atoms with Crippen LogP contribution in [0.5, 0.6) is 0 Å². The smallest absolute Gasteiger partial charge is 0.0676 e. The van der Waals surface area contributed by atoms with Crippen molar-refractivity contribution in [3.8, 4) is 0 Å². The molecule has 1 unspecified atom stereocenters. The van der Waals surface area contributed by atoms with Gasteiger partial charge in [0.15, 0.2) is 0 Å². The van der Waals surface area contributed by atoms with Gasteiger partial charge < -0.3 is 5.32 Å². The van der Waals surface area contributed by atoms with Gasteiger partial charge in [0, 0.05) is 4.88 Å². The van der Waals surface area contributed by atoms with E-state index in [4.69, 9.17) is 0 Å². The number of hydrogen-bond donors (Lipinski definition) is 1. The van der Waals surface area contributed by atoms with Gasteiger partial charge in [0.2, 0.25) is 0 Å². The van der Waals surface area contributed by atoms with Crippen molar-refractivity contribution in [3.05, 3.63) is 56.8 Å². The highest BCUT2D eigenvalue weighted by molar-refractivity contribution is 7.10. The minimum absolute atomic E-state index is 0.334. The predicted molar refractivity (Wildman–Crippen MR) is 85.1 cm³/mol. The lowest BCUT2D eigenvalue weighted by atomic mass is 9.96. The van der Waals surface area contributed by atoms with E-state index in [0.29, 0.717) is 6.04 Å². The lowest BCUT2D eigenvalue weighted by molar-refractivity contribution is 0.632. The Bertz CT molecular complexity index is 542. The Labute approximate surface area is 120 Å². The second-order valence-electron chi connectivity index (χ2n) is 5.01. The molecule has 102 valence electrons. The summed E-state index contributed by atoms with van der Waals surface area (Å²) in [5.74, 6) is 0. The van der Waals surface area contributed by atoms with Crippen LogP contribution in [-0.2, 0) is 6.42 Å². The van der Waals surface area contributed by atoms with E-state index in [1.54, 1.807) is 0 Å². The molecule has 1 heterocycles.